The minimum Gasteiger partial charge on any atom is -0.444 e. The summed E-state index contributed by atoms with van der Waals surface area (Å²) in [6.07, 6.45) is 1.24. The molecule has 8 heteroatoms. The first-order chi connectivity index (χ1) is 11.4. The molecule has 0 aromatic carbocycles. The van der Waals surface area contributed by atoms with Gasteiger partial charge in [0.1, 0.15) is 11.6 Å². The minimum absolute atomic E-state index is 0.0254. The Labute approximate surface area is 148 Å². The zero-order chi connectivity index (χ0) is 19.0. The molecule has 0 saturated heterocycles. The second-order valence-electron chi connectivity index (χ2n) is 8.54. The van der Waals surface area contributed by atoms with Gasteiger partial charge in [0.25, 0.3) is 0 Å². The van der Waals surface area contributed by atoms with Gasteiger partial charge in [-0.05, 0) is 39.0 Å². The third-order valence-corrected chi connectivity index (χ3v) is 3.75. The van der Waals surface area contributed by atoms with E-state index in [0.717, 1.165) is 12.8 Å². The molecule has 1 fully saturated rings. The molecule has 25 heavy (non-hydrogen) atoms. The lowest BCUT2D eigenvalue weighted by Crippen LogP contribution is -2.40. The van der Waals surface area contributed by atoms with E-state index in [4.69, 9.17) is 9.15 Å². The molecule has 2 amide bonds. The highest BCUT2D eigenvalue weighted by Crippen LogP contribution is 2.35. The van der Waals surface area contributed by atoms with E-state index in [0.29, 0.717) is 0 Å². The van der Waals surface area contributed by atoms with E-state index >= 15 is 0 Å². The number of hydrogen-bond acceptors (Lipinski definition) is 6. The van der Waals surface area contributed by atoms with Crippen LogP contribution in [0.2, 0.25) is 0 Å². The number of carbonyl (C=O) groups excluding carboxylic acids is 2. The number of anilines is 1. The van der Waals surface area contributed by atoms with Crippen LogP contribution in [0.3, 0.4) is 0 Å². The Hall–Kier alpha value is -2.12. The number of aromatic nitrogens is 2. The monoisotopic (exact) mass is 352 g/mol. The standard InChI is InChI=1S/C17H28N4O4/c1-16(2,3)11(18-15(23)25-17(4,5)6)12-19-20-14(24-12)21(7)13(22)10-8-9-10/h10-11H,8-9H2,1-7H3,(H,18,23). The molecule has 1 saturated carbocycles. The molecule has 1 aliphatic rings. The Kier molecular flexibility index (Phi) is 5.11. The van der Waals surface area contributed by atoms with Crippen molar-refractivity contribution in [3.63, 3.8) is 0 Å². The number of ether oxygens (including phenoxy) is 1. The van der Waals surface area contributed by atoms with Crippen molar-refractivity contribution < 1.29 is 18.7 Å². The van der Waals surface area contributed by atoms with Gasteiger partial charge >= 0.3 is 12.1 Å². The van der Waals surface area contributed by atoms with Crippen molar-refractivity contribution in [3.05, 3.63) is 5.89 Å². The highest BCUT2D eigenvalue weighted by atomic mass is 16.6. The first-order valence-electron chi connectivity index (χ1n) is 8.49. The van der Waals surface area contributed by atoms with Gasteiger partial charge in [0.2, 0.25) is 11.8 Å². The van der Waals surface area contributed by atoms with Gasteiger partial charge < -0.3 is 14.5 Å². The predicted octanol–water partition coefficient (Wildman–Crippen LogP) is 3.05. The third-order valence-electron chi connectivity index (χ3n) is 3.75. The van der Waals surface area contributed by atoms with E-state index in [1.165, 1.54) is 4.90 Å². The van der Waals surface area contributed by atoms with Gasteiger partial charge in [-0.3, -0.25) is 9.69 Å². The highest BCUT2D eigenvalue weighted by molar-refractivity contribution is 5.94. The molecule has 1 aromatic heterocycles. The van der Waals surface area contributed by atoms with Gasteiger partial charge in [0.15, 0.2) is 0 Å². The van der Waals surface area contributed by atoms with Crippen LogP contribution in [0, 0.1) is 11.3 Å². The number of carbonyl (C=O) groups is 2. The van der Waals surface area contributed by atoms with Crippen molar-refractivity contribution in [3.8, 4) is 0 Å². The van der Waals surface area contributed by atoms with Crippen molar-refractivity contribution in [2.75, 3.05) is 11.9 Å². The summed E-state index contributed by atoms with van der Waals surface area (Å²) in [4.78, 5) is 25.6. The Bertz CT molecular complexity index is 638. The molecule has 2 rings (SSSR count). The molecule has 0 aliphatic heterocycles. The molecule has 0 radical (unpaired) electrons. The van der Waals surface area contributed by atoms with E-state index in [1.54, 1.807) is 27.8 Å². The van der Waals surface area contributed by atoms with Gasteiger partial charge in [-0.25, -0.2) is 4.79 Å². The fourth-order valence-corrected chi connectivity index (χ4v) is 2.25. The van der Waals surface area contributed by atoms with E-state index in [1.807, 2.05) is 20.8 Å². The zero-order valence-electron chi connectivity index (χ0n) is 16.0. The summed E-state index contributed by atoms with van der Waals surface area (Å²) in [5.74, 6) is 0.269. The number of nitrogens with one attached hydrogen (secondary N) is 1. The maximum absolute atomic E-state index is 12.1. The van der Waals surface area contributed by atoms with Crippen LogP contribution in [-0.2, 0) is 9.53 Å². The number of alkyl carbamates (subject to hydrolysis) is 1. The fourth-order valence-electron chi connectivity index (χ4n) is 2.25. The SMILES string of the molecule is CN(C(=O)C1CC1)c1nnc(C(NC(=O)OC(C)(C)C)C(C)(C)C)o1. The number of rotatable bonds is 4. The molecule has 0 spiro atoms. The zero-order valence-corrected chi connectivity index (χ0v) is 16.0. The Morgan fingerprint density at radius 2 is 1.80 bits per heavy atom. The smallest absolute Gasteiger partial charge is 0.408 e. The summed E-state index contributed by atoms with van der Waals surface area (Å²) < 4.78 is 11.0. The molecule has 1 N–H and O–H groups in total. The number of hydrogen-bond donors (Lipinski definition) is 1. The third kappa shape index (κ3) is 5.17. The van der Waals surface area contributed by atoms with E-state index < -0.39 is 17.7 Å². The van der Waals surface area contributed by atoms with Crippen molar-refractivity contribution in [2.45, 2.75) is 66.0 Å². The molecule has 1 unspecified atom stereocenters. The lowest BCUT2D eigenvalue weighted by molar-refractivity contribution is -0.119. The summed E-state index contributed by atoms with van der Waals surface area (Å²) >= 11 is 0. The maximum atomic E-state index is 12.1. The second-order valence-corrected chi connectivity index (χ2v) is 8.54. The van der Waals surface area contributed by atoms with Crippen LogP contribution in [0.1, 0.15) is 66.3 Å². The summed E-state index contributed by atoms with van der Waals surface area (Å²) in [6.45, 7) is 11.2. The predicted molar refractivity (Wildman–Crippen MR) is 92.0 cm³/mol. The summed E-state index contributed by atoms with van der Waals surface area (Å²) in [7, 11) is 1.62. The van der Waals surface area contributed by atoms with Gasteiger partial charge in [-0.15, -0.1) is 5.10 Å². The van der Waals surface area contributed by atoms with Crippen LogP contribution in [0.25, 0.3) is 0 Å². The Morgan fingerprint density at radius 3 is 2.28 bits per heavy atom. The average Bonchev–Trinajstić information content (AvgIpc) is 3.18. The van der Waals surface area contributed by atoms with Gasteiger partial charge in [0.05, 0.1) is 0 Å². The normalized spacial score (nSPS) is 16.3. The van der Waals surface area contributed by atoms with Crippen molar-refractivity contribution in [2.24, 2.45) is 11.3 Å². The van der Waals surface area contributed by atoms with Crippen molar-refractivity contribution >= 4 is 18.0 Å². The van der Waals surface area contributed by atoms with Crippen LogP contribution >= 0.6 is 0 Å². The highest BCUT2D eigenvalue weighted by Gasteiger charge is 2.37. The quantitative estimate of drug-likeness (QED) is 0.894. The minimum atomic E-state index is -0.608. The van der Waals surface area contributed by atoms with Crippen LogP contribution in [0.4, 0.5) is 10.8 Å². The summed E-state index contributed by atoms with van der Waals surface area (Å²) in [6, 6.07) is -0.417. The van der Waals surface area contributed by atoms with Gasteiger partial charge in [-0.1, -0.05) is 25.9 Å². The van der Waals surface area contributed by atoms with Crippen molar-refractivity contribution in [1.29, 1.82) is 0 Å². The van der Waals surface area contributed by atoms with E-state index in [9.17, 15) is 9.59 Å². The Morgan fingerprint density at radius 1 is 1.20 bits per heavy atom. The molecule has 0 bridgehead atoms. The maximum Gasteiger partial charge on any atom is 0.408 e. The molecule has 1 atom stereocenters. The molecule has 140 valence electrons. The number of nitrogens with zero attached hydrogens (tertiary/aromatic N) is 3. The van der Waals surface area contributed by atoms with Gasteiger partial charge in [-0.2, -0.15) is 0 Å². The summed E-state index contributed by atoms with van der Waals surface area (Å²) in [5, 5.41) is 10.8. The summed E-state index contributed by atoms with van der Waals surface area (Å²) in [5.41, 5.74) is -0.997. The topological polar surface area (TPSA) is 97.6 Å². The molecular weight excluding hydrogens is 324 g/mol. The largest absolute Gasteiger partial charge is 0.444 e. The first-order valence-corrected chi connectivity index (χ1v) is 8.49. The number of amides is 2. The van der Waals surface area contributed by atoms with Crippen LogP contribution in [0.5, 0.6) is 0 Å². The second kappa shape index (κ2) is 6.65. The van der Waals surface area contributed by atoms with E-state index in [-0.39, 0.29) is 29.1 Å². The van der Waals surface area contributed by atoms with Crippen LogP contribution < -0.4 is 10.2 Å². The molecule has 1 aliphatic carbocycles. The van der Waals surface area contributed by atoms with E-state index in [2.05, 4.69) is 15.5 Å². The van der Waals surface area contributed by atoms with Crippen LogP contribution in [0.15, 0.2) is 4.42 Å². The molecule has 1 heterocycles. The first kappa shape index (κ1) is 19.2. The molecular formula is C17H28N4O4. The lowest BCUT2D eigenvalue weighted by Gasteiger charge is -2.29. The molecule has 1 aromatic rings. The Balaban J connectivity index is 2.15. The van der Waals surface area contributed by atoms with Gasteiger partial charge in [0, 0.05) is 13.0 Å². The van der Waals surface area contributed by atoms with Crippen LogP contribution in [-0.4, -0.2) is 34.8 Å². The lowest BCUT2D eigenvalue weighted by atomic mass is 9.87. The van der Waals surface area contributed by atoms with Crippen molar-refractivity contribution in [1.82, 2.24) is 15.5 Å². The average molecular weight is 352 g/mol. The fraction of sp³-hybridized carbons (Fsp3) is 0.765. The molecule has 8 nitrogen and oxygen atoms in total.